The van der Waals surface area contributed by atoms with Crippen molar-refractivity contribution in [1.82, 2.24) is 9.88 Å². The quantitative estimate of drug-likeness (QED) is 0.910. The molecule has 0 radical (unpaired) electrons. The van der Waals surface area contributed by atoms with Crippen LogP contribution in [-0.4, -0.2) is 33.4 Å². The maximum atomic E-state index is 12.6. The first-order chi connectivity index (χ1) is 12.1. The number of likely N-dealkylation sites (tertiary alicyclic amines) is 1. The van der Waals surface area contributed by atoms with E-state index in [0.717, 1.165) is 16.7 Å². The molecule has 1 aromatic carbocycles. The van der Waals surface area contributed by atoms with Gasteiger partial charge in [0.25, 0.3) is 0 Å². The van der Waals surface area contributed by atoms with E-state index in [1.807, 2.05) is 43.3 Å². The van der Waals surface area contributed by atoms with Crippen LogP contribution in [-0.2, 0) is 16.0 Å². The summed E-state index contributed by atoms with van der Waals surface area (Å²) >= 11 is 0. The van der Waals surface area contributed by atoms with Crippen molar-refractivity contribution in [3.63, 3.8) is 0 Å². The van der Waals surface area contributed by atoms with Crippen LogP contribution < -0.4 is 0 Å². The number of rotatable bonds is 5. The first-order valence-corrected chi connectivity index (χ1v) is 8.54. The highest BCUT2D eigenvalue weighted by Crippen LogP contribution is 2.38. The monoisotopic (exact) mass is 338 g/mol. The van der Waals surface area contributed by atoms with Crippen molar-refractivity contribution in [3.8, 4) is 0 Å². The van der Waals surface area contributed by atoms with Crippen LogP contribution in [0.1, 0.15) is 35.6 Å². The Bertz CT molecular complexity index is 761. The van der Waals surface area contributed by atoms with Gasteiger partial charge in [-0.3, -0.25) is 14.6 Å². The number of nitrogens with zero attached hydrogens (tertiary/aromatic N) is 2. The van der Waals surface area contributed by atoms with Crippen molar-refractivity contribution in [3.05, 3.63) is 65.5 Å². The molecular weight excluding hydrogens is 316 g/mol. The van der Waals surface area contributed by atoms with Crippen molar-refractivity contribution >= 4 is 11.9 Å². The van der Waals surface area contributed by atoms with Crippen LogP contribution in [0, 0.1) is 12.8 Å². The highest BCUT2D eigenvalue weighted by molar-refractivity contribution is 5.82. The third-order valence-corrected chi connectivity index (χ3v) is 4.89. The van der Waals surface area contributed by atoms with Crippen LogP contribution in [0.25, 0.3) is 0 Å². The summed E-state index contributed by atoms with van der Waals surface area (Å²) in [6, 6.07) is 11.2. The standard InChI is InChI=1S/C20H22N2O3/c1-14-5-2-3-7-16(14)19-17(20(24)25)8-9-18(23)22(19)12-10-15-6-4-11-21-13-15/h2-7,11,13,17,19H,8-10,12H2,1H3,(H,24,25)/t17-,19-/m0/s1. The molecule has 2 heterocycles. The van der Waals surface area contributed by atoms with Gasteiger partial charge in [0, 0.05) is 25.4 Å². The average Bonchev–Trinajstić information content (AvgIpc) is 2.61. The minimum absolute atomic E-state index is 0.0228. The Kier molecular flexibility index (Phi) is 5.12. The van der Waals surface area contributed by atoms with Gasteiger partial charge in [0.2, 0.25) is 5.91 Å². The lowest BCUT2D eigenvalue weighted by Gasteiger charge is -2.40. The molecule has 0 bridgehead atoms. The summed E-state index contributed by atoms with van der Waals surface area (Å²) in [6.07, 6.45) is 4.83. The zero-order valence-electron chi connectivity index (χ0n) is 14.3. The zero-order valence-corrected chi connectivity index (χ0v) is 14.3. The molecule has 1 aliphatic heterocycles. The van der Waals surface area contributed by atoms with E-state index < -0.39 is 17.9 Å². The van der Waals surface area contributed by atoms with Gasteiger partial charge in [-0.1, -0.05) is 30.3 Å². The maximum absolute atomic E-state index is 12.6. The Labute approximate surface area is 147 Å². The number of pyridine rings is 1. The lowest BCUT2D eigenvalue weighted by Crippen LogP contribution is -2.46. The highest BCUT2D eigenvalue weighted by atomic mass is 16.4. The van der Waals surface area contributed by atoms with E-state index in [4.69, 9.17) is 0 Å². The number of hydrogen-bond acceptors (Lipinski definition) is 3. The van der Waals surface area contributed by atoms with Gasteiger partial charge in [0.15, 0.2) is 0 Å². The van der Waals surface area contributed by atoms with Crippen LogP contribution in [0.4, 0.5) is 0 Å². The molecule has 1 amide bonds. The van der Waals surface area contributed by atoms with Gasteiger partial charge < -0.3 is 10.0 Å². The number of aryl methyl sites for hydroxylation is 1. The first-order valence-electron chi connectivity index (χ1n) is 8.54. The van der Waals surface area contributed by atoms with Gasteiger partial charge in [-0.15, -0.1) is 0 Å². The Morgan fingerprint density at radius 3 is 2.76 bits per heavy atom. The van der Waals surface area contributed by atoms with Crippen LogP contribution in [0.3, 0.4) is 0 Å². The molecule has 3 rings (SSSR count). The minimum atomic E-state index is -0.841. The first kappa shape index (κ1) is 17.1. The molecule has 2 aromatic rings. The molecule has 5 heteroatoms. The number of carboxylic acid groups (broad SMARTS) is 1. The zero-order chi connectivity index (χ0) is 17.8. The number of amides is 1. The van der Waals surface area contributed by atoms with Crippen molar-refractivity contribution in [1.29, 1.82) is 0 Å². The van der Waals surface area contributed by atoms with E-state index in [0.29, 0.717) is 19.4 Å². The second kappa shape index (κ2) is 7.47. The molecule has 5 nitrogen and oxygen atoms in total. The molecule has 0 saturated carbocycles. The number of carboxylic acids is 1. The average molecular weight is 338 g/mol. The van der Waals surface area contributed by atoms with Crippen molar-refractivity contribution < 1.29 is 14.7 Å². The molecule has 2 atom stereocenters. The lowest BCUT2D eigenvalue weighted by molar-refractivity contribution is -0.152. The molecule has 25 heavy (non-hydrogen) atoms. The predicted octanol–water partition coefficient (Wildman–Crippen LogP) is 3.00. The van der Waals surface area contributed by atoms with E-state index >= 15 is 0 Å². The van der Waals surface area contributed by atoms with Crippen molar-refractivity contribution in [2.45, 2.75) is 32.2 Å². The Hall–Kier alpha value is -2.69. The van der Waals surface area contributed by atoms with Gasteiger partial charge in [0.1, 0.15) is 0 Å². The van der Waals surface area contributed by atoms with Crippen LogP contribution in [0.2, 0.25) is 0 Å². The smallest absolute Gasteiger partial charge is 0.308 e. The Morgan fingerprint density at radius 2 is 2.08 bits per heavy atom. The normalized spacial score (nSPS) is 20.5. The highest BCUT2D eigenvalue weighted by Gasteiger charge is 2.40. The minimum Gasteiger partial charge on any atom is -0.481 e. The number of piperidine rings is 1. The molecule has 1 aliphatic rings. The number of aliphatic carboxylic acids is 1. The molecule has 1 aromatic heterocycles. The molecule has 1 saturated heterocycles. The molecular formula is C20H22N2O3. The van der Waals surface area contributed by atoms with E-state index in [1.54, 1.807) is 17.3 Å². The van der Waals surface area contributed by atoms with Gasteiger partial charge in [-0.25, -0.2) is 0 Å². The number of carbonyl (C=O) groups excluding carboxylic acids is 1. The summed E-state index contributed by atoms with van der Waals surface area (Å²) in [6.45, 7) is 2.46. The van der Waals surface area contributed by atoms with Crippen molar-refractivity contribution in [2.75, 3.05) is 6.54 Å². The molecule has 1 fully saturated rings. The second-order valence-electron chi connectivity index (χ2n) is 6.48. The second-order valence-corrected chi connectivity index (χ2v) is 6.48. The summed E-state index contributed by atoms with van der Waals surface area (Å²) < 4.78 is 0. The predicted molar refractivity (Wildman–Crippen MR) is 93.9 cm³/mol. The number of aromatic nitrogens is 1. The van der Waals surface area contributed by atoms with E-state index in [1.165, 1.54) is 0 Å². The van der Waals surface area contributed by atoms with Crippen LogP contribution in [0.5, 0.6) is 0 Å². The molecule has 130 valence electrons. The van der Waals surface area contributed by atoms with Crippen molar-refractivity contribution in [2.24, 2.45) is 5.92 Å². The molecule has 1 N–H and O–H groups in total. The Balaban J connectivity index is 1.92. The summed E-state index contributed by atoms with van der Waals surface area (Å²) in [4.78, 5) is 30.3. The van der Waals surface area contributed by atoms with E-state index in [-0.39, 0.29) is 12.3 Å². The number of carbonyl (C=O) groups is 2. The van der Waals surface area contributed by atoms with Gasteiger partial charge in [-0.05, 0) is 42.5 Å². The fourth-order valence-electron chi connectivity index (χ4n) is 3.57. The summed E-state index contributed by atoms with van der Waals surface area (Å²) in [5.74, 6) is -1.39. The van der Waals surface area contributed by atoms with Gasteiger partial charge in [0.05, 0.1) is 12.0 Å². The molecule has 0 aliphatic carbocycles. The molecule has 0 unspecified atom stereocenters. The third kappa shape index (κ3) is 3.71. The van der Waals surface area contributed by atoms with Crippen LogP contribution in [0.15, 0.2) is 48.8 Å². The third-order valence-electron chi connectivity index (χ3n) is 4.89. The lowest BCUT2D eigenvalue weighted by atomic mass is 9.82. The Morgan fingerprint density at radius 1 is 1.28 bits per heavy atom. The fourth-order valence-corrected chi connectivity index (χ4v) is 3.57. The summed E-state index contributed by atoms with van der Waals surface area (Å²) in [5.41, 5.74) is 2.98. The topological polar surface area (TPSA) is 70.5 Å². The molecule has 0 spiro atoms. The van der Waals surface area contributed by atoms with E-state index in [9.17, 15) is 14.7 Å². The number of hydrogen-bond donors (Lipinski definition) is 1. The van der Waals surface area contributed by atoms with E-state index in [2.05, 4.69) is 4.98 Å². The summed E-state index contributed by atoms with van der Waals surface area (Å²) in [7, 11) is 0. The maximum Gasteiger partial charge on any atom is 0.308 e. The largest absolute Gasteiger partial charge is 0.481 e. The number of benzene rings is 1. The SMILES string of the molecule is Cc1ccccc1[C@H]1[C@@H](C(=O)O)CCC(=O)N1CCc1cccnc1. The van der Waals surface area contributed by atoms with Crippen LogP contribution >= 0.6 is 0 Å². The summed E-state index contributed by atoms with van der Waals surface area (Å²) in [5, 5.41) is 9.70. The van der Waals surface area contributed by atoms with Gasteiger partial charge in [-0.2, -0.15) is 0 Å². The fraction of sp³-hybridized carbons (Fsp3) is 0.350. The van der Waals surface area contributed by atoms with Gasteiger partial charge >= 0.3 is 5.97 Å².